The fraction of sp³-hybridized carbons (Fsp3) is 0.200. The van der Waals surface area contributed by atoms with E-state index in [0.717, 1.165) is 16.8 Å². The zero-order chi connectivity index (χ0) is 18.7. The number of rotatable bonds is 5. The highest BCUT2D eigenvalue weighted by molar-refractivity contribution is 6.00. The van der Waals surface area contributed by atoms with E-state index in [2.05, 4.69) is 10.2 Å². The number of nitrogens with zero attached hydrogens (tertiary/aromatic N) is 3. The molecule has 0 aliphatic heterocycles. The standard InChI is InChI=1S/C20H19N3O3/c1-13-9-10-17(14(2)11-13)18(24)12-26-20(25)19-15(3)21-23(22-19)16-7-5-4-6-8-16/h4-11H,12H2,1-3H3. The van der Waals surface area contributed by atoms with E-state index in [1.54, 1.807) is 13.0 Å². The zero-order valence-electron chi connectivity index (χ0n) is 14.9. The summed E-state index contributed by atoms with van der Waals surface area (Å²) in [5.41, 5.74) is 3.76. The maximum Gasteiger partial charge on any atom is 0.361 e. The molecule has 132 valence electrons. The van der Waals surface area contributed by atoms with Gasteiger partial charge >= 0.3 is 5.97 Å². The lowest BCUT2D eigenvalue weighted by Gasteiger charge is -2.06. The Morgan fingerprint density at radius 2 is 1.73 bits per heavy atom. The maximum atomic E-state index is 12.3. The van der Waals surface area contributed by atoms with Gasteiger partial charge < -0.3 is 4.74 Å². The highest BCUT2D eigenvalue weighted by Crippen LogP contribution is 2.13. The van der Waals surface area contributed by atoms with Crippen molar-refractivity contribution >= 4 is 11.8 Å². The molecule has 0 saturated carbocycles. The van der Waals surface area contributed by atoms with Crippen LogP contribution in [-0.2, 0) is 4.74 Å². The number of benzene rings is 2. The van der Waals surface area contributed by atoms with Crippen LogP contribution in [0.5, 0.6) is 0 Å². The zero-order valence-corrected chi connectivity index (χ0v) is 14.9. The van der Waals surface area contributed by atoms with E-state index in [0.29, 0.717) is 11.3 Å². The van der Waals surface area contributed by atoms with Crippen molar-refractivity contribution in [3.05, 3.63) is 76.6 Å². The molecule has 0 bridgehead atoms. The van der Waals surface area contributed by atoms with Crippen molar-refractivity contribution in [3.63, 3.8) is 0 Å². The average Bonchev–Trinajstić information content (AvgIpc) is 3.02. The van der Waals surface area contributed by atoms with Crippen molar-refractivity contribution < 1.29 is 14.3 Å². The summed E-state index contributed by atoms with van der Waals surface area (Å²) in [7, 11) is 0. The van der Waals surface area contributed by atoms with Gasteiger partial charge in [0.2, 0.25) is 5.78 Å². The number of carbonyl (C=O) groups is 2. The first-order chi connectivity index (χ1) is 12.5. The van der Waals surface area contributed by atoms with Crippen LogP contribution >= 0.6 is 0 Å². The molecule has 0 aliphatic carbocycles. The first-order valence-corrected chi connectivity index (χ1v) is 8.22. The average molecular weight is 349 g/mol. The first kappa shape index (κ1) is 17.5. The van der Waals surface area contributed by atoms with Crippen LogP contribution in [0.2, 0.25) is 0 Å². The number of carbonyl (C=O) groups excluding carboxylic acids is 2. The predicted octanol–water partition coefficient (Wildman–Crippen LogP) is 3.23. The van der Waals surface area contributed by atoms with Crippen LogP contribution in [0.15, 0.2) is 48.5 Å². The summed E-state index contributed by atoms with van der Waals surface area (Å²) >= 11 is 0. The van der Waals surface area contributed by atoms with E-state index in [4.69, 9.17) is 4.74 Å². The van der Waals surface area contributed by atoms with Crippen LogP contribution in [0.3, 0.4) is 0 Å². The highest BCUT2D eigenvalue weighted by atomic mass is 16.5. The second-order valence-corrected chi connectivity index (χ2v) is 6.08. The van der Waals surface area contributed by atoms with Crippen molar-refractivity contribution in [1.82, 2.24) is 15.0 Å². The molecule has 0 aliphatic rings. The van der Waals surface area contributed by atoms with E-state index in [-0.39, 0.29) is 18.1 Å². The quantitative estimate of drug-likeness (QED) is 0.522. The molecular weight excluding hydrogens is 330 g/mol. The normalized spacial score (nSPS) is 10.6. The number of aryl methyl sites for hydroxylation is 3. The number of hydrogen-bond acceptors (Lipinski definition) is 5. The molecule has 3 rings (SSSR count). The molecule has 0 amide bonds. The van der Waals surface area contributed by atoms with Gasteiger partial charge in [0.1, 0.15) is 0 Å². The van der Waals surface area contributed by atoms with Crippen LogP contribution in [0.25, 0.3) is 5.69 Å². The van der Waals surface area contributed by atoms with Gasteiger partial charge in [-0.25, -0.2) is 4.79 Å². The molecule has 0 spiro atoms. The lowest BCUT2D eigenvalue weighted by Crippen LogP contribution is -2.16. The lowest BCUT2D eigenvalue weighted by molar-refractivity contribution is 0.0467. The van der Waals surface area contributed by atoms with E-state index in [1.807, 2.05) is 56.3 Å². The molecule has 1 heterocycles. The Morgan fingerprint density at radius 3 is 2.42 bits per heavy atom. The van der Waals surface area contributed by atoms with Crippen molar-refractivity contribution in [2.45, 2.75) is 20.8 Å². The number of hydrogen-bond donors (Lipinski definition) is 0. The third-order valence-corrected chi connectivity index (χ3v) is 3.98. The molecule has 0 unspecified atom stereocenters. The minimum absolute atomic E-state index is 0.0993. The Balaban J connectivity index is 1.71. The summed E-state index contributed by atoms with van der Waals surface area (Å²) in [5.74, 6) is -0.910. The molecule has 0 radical (unpaired) electrons. The van der Waals surface area contributed by atoms with Gasteiger partial charge in [0.25, 0.3) is 0 Å². The monoisotopic (exact) mass is 349 g/mol. The molecule has 3 aromatic rings. The van der Waals surface area contributed by atoms with Crippen molar-refractivity contribution in [3.8, 4) is 5.69 Å². The van der Waals surface area contributed by atoms with Gasteiger partial charge in [0.05, 0.1) is 11.4 Å². The lowest BCUT2D eigenvalue weighted by atomic mass is 10.0. The third-order valence-electron chi connectivity index (χ3n) is 3.98. The predicted molar refractivity (Wildman–Crippen MR) is 96.6 cm³/mol. The molecule has 6 nitrogen and oxygen atoms in total. The number of Topliss-reactive ketones (excluding diaryl/α,β-unsaturated/α-hetero) is 1. The largest absolute Gasteiger partial charge is 0.452 e. The number of esters is 1. The van der Waals surface area contributed by atoms with Crippen molar-refractivity contribution in [2.24, 2.45) is 0 Å². The SMILES string of the molecule is Cc1ccc(C(=O)COC(=O)c2nn(-c3ccccc3)nc2C)c(C)c1. The fourth-order valence-electron chi connectivity index (χ4n) is 2.65. The summed E-state index contributed by atoms with van der Waals surface area (Å²) < 4.78 is 5.16. The molecule has 2 aromatic carbocycles. The van der Waals surface area contributed by atoms with E-state index < -0.39 is 5.97 Å². The Morgan fingerprint density at radius 1 is 1.00 bits per heavy atom. The van der Waals surface area contributed by atoms with Crippen molar-refractivity contribution in [2.75, 3.05) is 6.61 Å². The van der Waals surface area contributed by atoms with Crippen LogP contribution in [0, 0.1) is 20.8 Å². The van der Waals surface area contributed by atoms with Crippen LogP contribution in [0.1, 0.15) is 37.7 Å². The first-order valence-electron chi connectivity index (χ1n) is 8.22. The molecular formula is C20H19N3O3. The van der Waals surface area contributed by atoms with Gasteiger partial charge in [0.15, 0.2) is 12.3 Å². The minimum atomic E-state index is -0.664. The Hall–Kier alpha value is -3.28. The molecule has 1 aromatic heterocycles. The molecule has 0 N–H and O–H groups in total. The van der Waals surface area contributed by atoms with Crippen molar-refractivity contribution in [1.29, 1.82) is 0 Å². The molecule has 0 atom stereocenters. The second-order valence-electron chi connectivity index (χ2n) is 6.08. The topological polar surface area (TPSA) is 74.1 Å². The molecule has 26 heavy (non-hydrogen) atoms. The smallest absolute Gasteiger partial charge is 0.361 e. The van der Waals surface area contributed by atoms with Gasteiger partial charge in [-0.3, -0.25) is 4.79 Å². The molecule has 0 fully saturated rings. The summed E-state index contributed by atoms with van der Waals surface area (Å²) in [6, 6.07) is 14.8. The van der Waals surface area contributed by atoms with Crippen LogP contribution in [0.4, 0.5) is 0 Å². The maximum absolute atomic E-state index is 12.3. The van der Waals surface area contributed by atoms with E-state index in [9.17, 15) is 9.59 Å². The van der Waals surface area contributed by atoms with Crippen LogP contribution < -0.4 is 0 Å². The summed E-state index contributed by atoms with van der Waals surface area (Å²) in [4.78, 5) is 26.0. The Labute approximate surface area is 151 Å². The Bertz CT molecular complexity index is 962. The highest BCUT2D eigenvalue weighted by Gasteiger charge is 2.20. The molecule has 6 heteroatoms. The van der Waals surface area contributed by atoms with E-state index >= 15 is 0 Å². The number of ketones is 1. The number of aromatic nitrogens is 3. The Kier molecular flexibility index (Phi) is 4.93. The second kappa shape index (κ2) is 7.31. The van der Waals surface area contributed by atoms with Gasteiger partial charge in [-0.05, 0) is 38.5 Å². The molecule has 0 saturated heterocycles. The van der Waals surface area contributed by atoms with Gasteiger partial charge in [-0.1, -0.05) is 42.0 Å². The summed E-state index contributed by atoms with van der Waals surface area (Å²) in [6.07, 6.45) is 0. The minimum Gasteiger partial charge on any atom is -0.452 e. The summed E-state index contributed by atoms with van der Waals surface area (Å²) in [5, 5.41) is 8.41. The van der Waals surface area contributed by atoms with Gasteiger partial charge in [-0.2, -0.15) is 9.90 Å². The van der Waals surface area contributed by atoms with Crippen LogP contribution in [-0.4, -0.2) is 33.4 Å². The van der Waals surface area contributed by atoms with Gasteiger partial charge in [-0.15, -0.1) is 5.10 Å². The van der Waals surface area contributed by atoms with E-state index in [1.165, 1.54) is 4.80 Å². The fourth-order valence-corrected chi connectivity index (χ4v) is 2.65. The number of ether oxygens (including phenoxy) is 1. The van der Waals surface area contributed by atoms with Gasteiger partial charge in [0, 0.05) is 5.56 Å². The number of para-hydroxylation sites is 1. The summed E-state index contributed by atoms with van der Waals surface area (Å²) in [6.45, 7) is 5.16. The third kappa shape index (κ3) is 3.69.